The molecule has 1 aromatic heterocycles. The molecule has 1 saturated carbocycles. The zero-order valence-electron chi connectivity index (χ0n) is 10.1. The Morgan fingerprint density at radius 3 is 2.72 bits per heavy atom. The van der Waals surface area contributed by atoms with Crippen molar-refractivity contribution < 1.29 is 4.92 Å². The molecular formula is C13H16BrNO2S. The number of rotatable bonds is 4. The van der Waals surface area contributed by atoms with Crippen LogP contribution in [-0.2, 0) is 0 Å². The van der Waals surface area contributed by atoms with Crippen LogP contribution >= 0.6 is 27.3 Å². The van der Waals surface area contributed by atoms with Gasteiger partial charge in [0.1, 0.15) is 0 Å². The fraction of sp³-hybridized carbons (Fsp3) is 0.538. The molecule has 0 N–H and O–H groups in total. The van der Waals surface area contributed by atoms with Crippen molar-refractivity contribution in [2.75, 3.05) is 5.33 Å². The minimum absolute atomic E-state index is 0.221. The predicted octanol–water partition coefficient (Wildman–Crippen LogP) is 5.01. The summed E-state index contributed by atoms with van der Waals surface area (Å²) in [5.74, 6) is 0.652. The van der Waals surface area contributed by atoms with Crippen molar-refractivity contribution in [3.05, 3.63) is 32.7 Å². The fourth-order valence-electron chi connectivity index (χ4n) is 2.44. The van der Waals surface area contributed by atoms with Crippen LogP contribution in [0.1, 0.15) is 37.0 Å². The van der Waals surface area contributed by atoms with Gasteiger partial charge in [0.15, 0.2) is 0 Å². The third kappa shape index (κ3) is 3.42. The molecule has 18 heavy (non-hydrogen) atoms. The van der Waals surface area contributed by atoms with Gasteiger partial charge >= 0.3 is 5.00 Å². The number of hydrogen-bond donors (Lipinski definition) is 0. The third-order valence-electron chi connectivity index (χ3n) is 3.40. The SMILES string of the molecule is O=[N+]([O-])c1ccc(/C=C(/CBr)C2CCCCC2)s1. The predicted molar refractivity (Wildman–Crippen MR) is 79.3 cm³/mol. The summed E-state index contributed by atoms with van der Waals surface area (Å²) >= 11 is 4.80. The van der Waals surface area contributed by atoms with Crippen LogP contribution in [0.15, 0.2) is 17.7 Å². The van der Waals surface area contributed by atoms with E-state index in [0.29, 0.717) is 5.92 Å². The molecule has 2 rings (SSSR count). The Bertz CT molecular complexity index is 450. The van der Waals surface area contributed by atoms with Gasteiger partial charge in [-0.05, 0) is 30.9 Å². The molecule has 1 aromatic rings. The van der Waals surface area contributed by atoms with Crippen LogP contribution < -0.4 is 0 Å². The van der Waals surface area contributed by atoms with E-state index in [4.69, 9.17) is 0 Å². The van der Waals surface area contributed by atoms with Crippen LogP contribution in [0.4, 0.5) is 5.00 Å². The van der Waals surface area contributed by atoms with Crippen molar-refractivity contribution in [1.29, 1.82) is 0 Å². The topological polar surface area (TPSA) is 43.1 Å². The average Bonchev–Trinajstić information content (AvgIpc) is 2.86. The molecule has 1 heterocycles. The van der Waals surface area contributed by atoms with Gasteiger partial charge < -0.3 is 0 Å². The van der Waals surface area contributed by atoms with E-state index < -0.39 is 0 Å². The summed E-state index contributed by atoms with van der Waals surface area (Å²) in [4.78, 5) is 11.3. The van der Waals surface area contributed by atoms with Gasteiger partial charge in [0.05, 0.1) is 4.92 Å². The Morgan fingerprint density at radius 2 is 2.17 bits per heavy atom. The molecule has 0 aliphatic heterocycles. The van der Waals surface area contributed by atoms with Gasteiger partial charge in [0, 0.05) is 16.3 Å². The Balaban J connectivity index is 2.14. The van der Waals surface area contributed by atoms with E-state index >= 15 is 0 Å². The van der Waals surface area contributed by atoms with Gasteiger partial charge in [-0.1, -0.05) is 52.1 Å². The maximum Gasteiger partial charge on any atom is 0.324 e. The minimum atomic E-state index is -0.323. The molecule has 98 valence electrons. The summed E-state index contributed by atoms with van der Waals surface area (Å²) < 4.78 is 0. The largest absolute Gasteiger partial charge is 0.324 e. The van der Waals surface area contributed by atoms with Crippen molar-refractivity contribution in [3.63, 3.8) is 0 Å². The highest BCUT2D eigenvalue weighted by atomic mass is 79.9. The summed E-state index contributed by atoms with van der Waals surface area (Å²) in [6, 6.07) is 3.43. The number of allylic oxidation sites excluding steroid dienone is 1. The lowest BCUT2D eigenvalue weighted by atomic mass is 9.84. The molecule has 0 radical (unpaired) electrons. The highest BCUT2D eigenvalue weighted by Gasteiger charge is 2.17. The first-order valence-electron chi connectivity index (χ1n) is 6.21. The van der Waals surface area contributed by atoms with E-state index in [0.717, 1.165) is 10.2 Å². The number of hydrogen-bond acceptors (Lipinski definition) is 3. The molecule has 0 aromatic carbocycles. The molecule has 5 heteroatoms. The van der Waals surface area contributed by atoms with Gasteiger partial charge in [-0.3, -0.25) is 10.1 Å². The van der Waals surface area contributed by atoms with Crippen LogP contribution in [0.3, 0.4) is 0 Å². The molecule has 1 fully saturated rings. The van der Waals surface area contributed by atoms with Gasteiger partial charge in [-0.15, -0.1) is 0 Å². The van der Waals surface area contributed by atoms with Crippen LogP contribution in [0, 0.1) is 16.0 Å². The number of halogens is 1. The number of nitrogens with zero attached hydrogens (tertiary/aromatic N) is 1. The molecule has 0 atom stereocenters. The zero-order valence-corrected chi connectivity index (χ0v) is 12.5. The summed E-state index contributed by atoms with van der Waals surface area (Å²) in [5, 5.41) is 11.7. The first-order chi connectivity index (χ1) is 8.70. The normalized spacial score (nSPS) is 17.9. The van der Waals surface area contributed by atoms with Crippen LogP contribution in [-0.4, -0.2) is 10.3 Å². The van der Waals surface area contributed by atoms with E-state index in [2.05, 4.69) is 22.0 Å². The Morgan fingerprint density at radius 1 is 1.44 bits per heavy atom. The molecule has 3 nitrogen and oxygen atoms in total. The summed E-state index contributed by atoms with van der Waals surface area (Å²) in [6.07, 6.45) is 8.59. The zero-order chi connectivity index (χ0) is 13.0. The molecule has 0 saturated heterocycles. The first-order valence-corrected chi connectivity index (χ1v) is 8.15. The quantitative estimate of drug-likeness (QED) is 0.442. The smallest absolute Gasteiger partial charge is 0.258 e. The van der Waals surface area contributed by atoms with E-state index in [9.17, 15) is 10.1 Å². The van der Waals surface area contributed by atoms with E-state index in [1.54, 1.807) is 6.07 Å². The Labute approximate surface area is 119 Å². The molecule has 0 amide bonds. The lowest BCUT2D eigenvalue weighted by molar-refractivity contribution is -0.380. The van der Waals surface area contributed by atoms with Gasteiger partial charge in [-0.25, -0.2) is 0 Å². The standard InChI is InChI=1S/C13H16BrNO2S/c14-9-11(10-4-2-1-3-5-10)8-12-6-7-13(18-12)15(16)17/h6-8,10H,1-5,9H2/b11-8-. The van der Waals surface area contributed by atoms with Crippen molar-refractivity contribution in [2.24, 2.45) is 5.92 Å². The summed E-state index contributed by atoms with van der Waals surface area (Å²) in [5.41, 5.74) is 1.38. The van der Waals surface area contributed by atoms with Crippen LogP contribution in [0.25, 0.3) is 6.08 Å². The first kappa shape index (κ1) is 13.7. The lowest BCUT2D eigenvalue weighted by Crippen LogP contribution is -2.09. The second-order valence-electron chi connectivity index (χ2n) is 4.62. The maximum absolute atomic E-state index is 10.7. The average molecular weight is 330 g/mol. The number of alkyl halides is 1. The van der Waals surface area contributed by atoms with Crippen LogP contribution in [0.2, 0.25) is 0 Å². The molecule has 0 spiro atoms. The van der Waals surface area contributed by atoms with E-state index in [1.807, 2.05) is 6.07 Å². The second kappa shape index (κ2) is 6.48. The molecule has 0 unspecified atom stereocenters. The van der Waals surface area contributed by atoms with Crippen molar-refractivity contribution in [1.82, 2.24) is 0 Å². The Hall–Kier alpha value is -0.680. The van der Waals surface area contributed by atoms with Gasteiger partial charge in [0.2, 0.25) is 0 Å². The van der Waals surface area contributed by atoms with Crippen molar-refractivity contribution in [2.45, 2.75) is 32.1 Å². The van der Waals surface area contributed by atoms with Gasteiger partial charge in [-0.2, -0.15) is 0 Å². The van der Waals surface area contributed by atoms with Gasteiger partial charge in [0.25, 0.3) is 0 Å². The molecule has 0 bridgehead atoms. The van der Waals surface area contributed by atoms with Crippen molar-refractivity contribution in [3.8, 4) is 0 Å². The minimum Gasteiger partial charge on any atom is -0.258 e. The van der Waals surface area contributed by atoms with Crippen LogP contribution in [0.5, 0.6) is 0 Å². The number of nitro groups is 1. The summed E-state index contributed by atoms with van der Waals surface area (Å²) in [7, 11) is 0. The summed E-state index contributed by atoms with van der Waals surface area (Å²) in [6.45, 7) is 0. The maximum atomic E-state index is 10.7. The lowest BCUT2D eigenvalue weighted by Gasteiger charge is -2.23. The second-order valence-corrected chi connectivity index (χ2v) is 6.28. The van der Waals surface area contributed by atoms with E-state index in [-0.39, 0.29) is 9.92 Å². The molecular weight excluding hydrogens is 314 g/mol. The molecule has 1 aliphatic rings. The third-order valence-corrected chi connectivity index (χ3v) is 5.04. The highest BCUT2D eigenvalue weighted by Crippen LogP contribution is 2.33. The number of thiophene rings is 1. The Kier molecular flexibility index (Phi) is 4.95. The van der Waals surface area contributed by atoms with Crippen molar-refractivity contribution >= 4 is 38.3 Å². The molecule has 1 aliphatic carbocycles. The monoisotopic (exact) mass is 329 g/mol. The van der Waals surface area contributed by atoms with E-state index in [1.165, 1.54) is 49.0 Å². The fourth-order valence-corrected chi connectivity index (χ4v) is 3.86. The highest BCUT2D eigenvalue weighted by molar-refractivity contribution is 9.09.